The van der Waals surface area contributed by atoms with Gasteiger partial charge in [0.05, 0.1) is 0 Å². The number of rotatable bonds is 1. The minimum atomic E-state index is -0.988. The van der Waals surface area contributed by atoms with Crippen LogP contribution in [0.2, 0.25) is 0 Å². The van der Waals surface area contributed by atoms with Crippen molar-refractivity contribution in [3.63, 3.8) is 0 Å². The van der Waals surface area contributed by atoms with E-state index in [1.807, 2.05) is 20.8 Å². The number of carboxylic acids is 1. The van der Waals surface area contributed by atoms with Gasteiger partial charge >= 0.3 is 5.97 Å². The fourth-order valence-corrected chi connectivity index (χ4v) is 1.31. The Morgan fingerprint density at radius 1 is 1.54 bits per heavy atom. The molecule has 1 aromatic heterocycles. The van der Waals surface area contributed by atoms with Gasteiger partial charge in [-0.05, 0) is 0 Å². The molecule has 0 fully saturated rings. The van der Waals surface area contributed by atoms with Gasteiger partial charge in [0.15, 0.2) is 0 Å². The summed E-state index contributed by atoms with van der Waals surface area (Å²) in [6.07, 6.45) is 1.61. The zero-order chi connectivity index (χ0) is 10.2. The smallest absolute Gasteiger partial charge is 0.372 e. The van der Waals surface area contributed by atoms with Crippen molar-refractivity contribution in [2.75, 3.05) is 0 Å². The van der Waals surface area contributed by atoms with Gasteiger partial charge in [-0.1, -0.05) is 20.8 Å². The molecule has 0 spiro atoms. The first-order valence-corrected chi connectivity index (χ1v) is 4.09. The Labute approximate surface area is 77.2 Å². The van der Waals surface area contributed by atoms with Crippen molar-refractivity contribution >= 4 is 5.97 Å². The molecule has 0 saturated carbocycles. The average Bonchev–Trinajstić information content (AvgIpc) is 2.28. The van der Waals surface area contributed by atoms with Crippen LogP contribution in [-0.2, 0) is 12.5 Å². The molecule has 1 rings (SSSR count). The van der Waals surface area contributed by atoms with Gasteiger partial charge in [-0.25, -0.2) is 9.78 Å². The Morgan fingerprint density at radius 3 is 2.31 bits per heavy atom. The second-order valence-electron chi connectivity index (χ2n) is 4.08. The van der Waals surface area contributed by atoms with Crippen LogP contribution in [0.3, 0.4) is 0 Å². The topological polar surface area (TPSA) is 55.1 Å². The molecule has 1 heterocycles. The van der Waals surface area contributed by atoms with Crippen LogP contribution in [0.5, 0.6) is 0 Å². The SMILES string of the molecule is Cn1c(C(C)(C)C)cnc1C(=O)O. The lowest BCUT2D eigenvalue weighted by molar-refractivity contribution is 0.0679. The zero-order valence-corrected chi connectivity index (χ0v) is 8.33. The van der Waals surface area contributed by atoms with Crippen LogP contribution in [0.1, 0.15) is 37.1 Å². The van der Waals surface area contributed by atoms with E-state index in [-0.39, 0.29) is 11.2 Å². The van der Waals surface area contributed by atoms with Gasteiger partial charge in [-0.2, -0.15) is 0 Å². The van der Waals surface area contributed by atoms with E-state index in [0.29, 0.717) is 0 Å². The minimum absolute atomic E-state index is 0.0740. The molecule has 13 heavy (non-hydrogen) atoms. The van der Waals surface area contributed by atoms with Gasteiger partial charge in [0, 0.05) is 24.4 Å². The molecule has 0 saturated heterocycles. The second-order valence-corrected chi connectivity index (χ2v) is 4.08. The van der Waals surface area contributed by atoms with E-state index in [1.54, 1.807) is 17.8 Å². The van der Waals surface area contributed by atoms with E-state index in [0.717, 1.165) is 5.69 Å². The van der Waals surface area contributed by atoms with E-state index in [2.05, 4.69) is 4.98 Å². The number of carboxylic acid groups (broad SMARTS) is 1. The van der Waals surface area contributed by atoms with Crippen molar-refractivity contribution in [2.24, 2.45) is 7.05 Å². The number of aromatic carboxylic acids is 1. The summed E-state index contributed by atoms with van der Waals surface area (Å²) in [7, 11) is 1.72. The summed E-state index contributed by atoms with van der Waals surface area (Å²) >= 11 is 0. The highest BCUT2D eigenvalue weighted by Gasteiger charge is 2.21. The molecule has 0 atom stereocenters. The zero-order valence-electron chi connectivity index (χ0n) is 8.33. The summed E-state index contributed by atoms with van der Waals surface area (Å²) in [5.41, 5.74) is 0.847. The Morgan fingerprint density at radius 2 is 2.08 bits per heavy atom. The number of nitrogens with zero attached hydrogens (tertiary/aromatic N) is 2. The van der Waals surface area contributed by atoms with Crippen molar-refractivity contribution < 1.29 is 9.90 Å². The number of hydrogen-bond acceptors (Lipinski definition) is 2. The molecule has 1 aromatic rings. The number of hydrogen-bond donors (Lipinski definition) is 1. The average molecular weight is 182 g/mol. The van der Waals surface area contributed by atoms with Crippen LogP contribution in [0, 0.1) is 0 Å². The largest absolute Gasteiger partial charge is 0.475 e. The van der Waals surface area contributed by atoms with E-state index < -0.39 is 5.97 Å². The summed E-state index contributed by atoms with van der Waals surface area (Å²) in [5.74, 6) is -0.900. The van der Waals surface area contributed by atoms with Gasteiger partial charge in [0.2, 0.25) is 5.82 Å². The predicted molar refractivity (Wildman–Crippen MR) is 48.9 cm³/mol. The molecule has 0 aliphatic rings. The van der Waals surface area contributed by atoms with Crippen LogP contribution in [0.15, 0.2) is 6.20 Å². The molecular formula is C9H14N2O2. The Bertz CT molecular complexity index is 334. The van der Waals surface area contributed by atoms with Gasteiger partial charge in [0.1, 0.15) is 0 Å². The molecule has 0 unspecified atom stereocenters. The lowest BCUT2D eigenvalue weighted by Gasteiger charge is -2.18. The highest BCUT2D eigenvalue weighted by atomic mass is 16.4. The van der Waals surface area contributed by atoms with Gasteiger partial charge in [0.25, 0.3) is 0 Å². The number of imidazole rings is 1. The molecule has 0 aromatic carbocycles. The molecule has 4 nitrogen and oxygen atoms in total. The molecule has 1 N–H and O–H groups in total. The normalized spacial score (nSPS) is 11.7. The maximum absolute atomic E-state index is 10.7. The Balaban J connectivity index is 3.22. The third-order valence-corrected chi connectivity index (χ3v) is 1.95. The lowest BCUT2D eigenvalue weighted by atomic mass is 9.93. The molecule has 4 heteroatoms. The van der Waals surface area contributed by atoms with Gasteiger partial charge in [-0.15, -0.1) is 0 Å². The van der Waals surface area contributed by atoms with Gasteiger partial charge < -0.3 is 9.67 Å². The summed E-state index contributed by atoms with van der Waals surface area (Å²) in [6, 6.07) is 0. The standard InChI is InChI=1S/C9H14N2O2/c1-9(2,3)6-5-10-7(8(12)13)11(6)4/h5H,1-4H3,(H,12,13). The van der Waals surface area contributed by atoms with Crippen molar-refractivity contribution in [3.8, 4) is 0 Å². The van der Waals surface area contributed by atoms with Crippen LogP contribution in [-0.4, -0.2) is 20.6 Å². The summed E-state index contributed by atoms with van der Waals surface area (Å²) < 4.78 is 1.61. The van der Waals surface area contributed by atoms with Crippen LogP contribution >= 0.6 is 0 Å². The van der Waals surface area contributed by atoms with E-state index >= 15 is 0 Å². The number of aromatic nitrogens is 2. The third-order valence-electron chi connectivity index (χ3n) is 1.95. The fourth-order valence-electron chi connectivity index (χ4n) is 1.31. The molecule has 0 amide bonds. The molecule has 0 bridgehead atoms. The second kappa shape index (κ2) is 2.87. The summed E-state index contributed by atoms with van der Waals surface area (Å²) in [6.45, 7) is 6.07. The minimum Gasteiger partial charge on any atom is -0.475 e. The van der Waals surface area contributed by atoms with Gasteiger partial charge in [-0.3, -0.25) is 0 Å². The first kappa shape index (κ1) is 9.77. The van der Waals surface area contributed by atoms with E-state index in [1.165, 1.54) is 0 Å². The molecule has 0 aliphatic carbocycles. The maximum Gasteiger partial charge on any atom is 0.372 e. The van der Waals surface area contributed by atoms with Crippen molar-refractivity contribution in [1.29, 1.82) is 0 Å². The highest BCUT2D eigenvalue weighted by molar-refractivity contribution is 5.83. The van der Waals surface area contributed by atoms with E-state index in [4.69, 9.17) is 5.11 Å². The lowest BCUT2D eigenvalue weighted by Crippen LogP contribution is -2.18. The predicted octanol–water partition coefficient (Wildman–Crippen LogP) is 1.42. The number of carbonyl (C=O) groups is 1. The van der Waals surface area contributed by atoms with Crippen LogP contribution < -0.4 is 0 Å². The first-order valence-electron chi connectivity index (χ1n) is 4.09. The Kier molecular flexibility index (Phi) is 2.15. The molecule has 0 radical (unpaired) electrons. The van der Waals surface area contributed by atoms with Crippen molar-refractivity contribution in [1.82, 2.24) is 9.55 Å². The van der Waals surface area contributed by atoms with Crippen LogP contribution in [0.25, 0.3) is 0 Å². The first-order chi connectivity index (χ1) is 5.84. The summed E-state index contributed by atoms with van der Waals surface area (Å²) in [4.78, 5) is 14.5. The monoisotopic (exact) mass is 182 g/mol. The van der Waals surface area contributed by atoms with Crippen molar-refractivity contribution in [3.05, 3.63) is 17.7 Å². The third kappa shape index (κ3) is 1.71. The highest BCUT2D eigenvalue weighted by Crippen LogP contribution is 2.21. The molecular weight excluding hydrogens is 168 g/mol. The van der Waals surface area contributed by atoms with E-state index in [9.17, 15) is 4.79 Å². The molecule has 72 valence electrons. The fraction of sp³-hybridized carbons (Fsp3) is 0.556. The molecule has 0 aliphatic heterocycles. The van der Waals surface area contributed by atoms with Crippen LogP contribution in [0.4, 0.5) is 0 Å². The summed E-state index contributed by atoms with van der Waals surface area (Å²) in [5, 5.41) is 8.76. The Hall–Kier alpha value is -1.32. The maximum atomic E-state index is 10.7. The quantitative estimate of drug-likeness (QED) is 0.714. The van der Waals surface area contributed by atoms with Crippen molar-refractivity contribution in [2.45, 2.75) is 26.2 Å².